The van der Waals surface area contributed by atoms with E-state index in [1.807, 2.05) is 0 Å². The molecule has 0 saturated heterocycles. The molecular formula is C7H12ClNO2. The number of nitrogens with zero attached hydrogens (tertiary/aromatic N) is 1. The third-order valence-electron chi connectivity index (χ3n) is 2.14. The third-order valence-corrected chi connectivity index (χ3v) is 2.40. The molecule has 0 aliphatic heterocycles. The van der Waals surface area contributed by atoms with Crippen molar-refractivity contribution in [1.29, 1.82) is 0 Å². The fourth-order valence-corrected chi connectivity index (χ4v) is 1.82. The van der Waals surface area contributed by atoms with Gasteiger partial charge in [0.1, 0.15) is 0 Å². The molecule has 0 heterocycles. The van der Waals surface area contributed by atoms with Crippen LogP contribution in [0.25, 0.3) is 0 Å². The molecule has 1 saturated carbocycles. The van der Waals surface area contributed by atoms with Crippen molar-refractivity contribution in [3.8, 4) is 0 Å². The second kappa shape index (κ2) is 3.81. The SMILES string of the molecule is O=C(O)N(CCl)C1CCCC1. The quantitative estimate of drug-likeness (QED) is 0.519. The molecule has 1 N–H and O–H groups in total. The first-order valence-electron chi connectivity index (χ1n) is 3.81. The van der Waals surface area contributed by atoms with Gasteiger partial charge < -0.3 is 5.11 Å². The Morgan fingerprint density at radius 1 is 1.55 bits per heavy atom. The first kappa shape index (κ1) is 8.65. The Balaban J connectivity index is 2.46. The van der Waals surface area contributed by atoms with Crippen LogP contribution in [0.4, 0.5) is 4.79 Å². The standard InChI is InChI=1S/C7H12ClNO2/c8-5-9(7(10)11)6-3-1-2-4-6/h6H,1-5H2,(H,10,11). The zero-order chi connectivity index (χ0) is 8.27. The Morgan fingerprint density at radius 3 is 2.45 bits per heavy atom. The van der Waals surface area contributed by atoms with Crippen molar-refractivity contribution in [3.63, 3.8) is 0 Å². The van der Waals surface area contributed by atoms with Gasteiger partial charge in [-0.1, -0.05) is 12.8 Å². The van der Waals surface area contributed by atoms with Gasteiger partial charge in [-0.05, 0) is 12.8 Å². The Hall–Kier alpha value is -0.440. The number of carbonyl (C=O) groups is 1. The number of hydrogen-bond donors (Lipinski definition) is 1. The average Bonchev–Trinajstić information content (AvgIpc) is 2.40. The van der Waals surface area contributed by atoms with Crippen LogP contribution in [0.5, 0.6) is 0 Å². The molecular weight excluding hydrogens is 166 g/mol. The lowest BCUT2D eigenvalue weighted by molar-refractivity contribution is 0.135. The molecule has 64 valence electrons. The first-order chi connectivity index (χ1) is 5.25. The van der Waals surface area contributed by atoms with E-state index >= 15 is 0 Å². The fraction of sp³-hybridized carbons (Fsp3) is 0.857. The van der Waals surface area contributed by atoms with Crippen LogP contribution >= 0.6 is 11.6 Å². The van der Waals surface area contributed by atoms with Crippen LogP contribution in [-0.2, 0) is 0 Å². The number of halogens is 1. The Morgan fingerprint density at radius 2 is 2.09 bits per heavy atom. The summed E-state index contributed by atoms with van der Waals surface area (Å²) >= 11 is 5.49. The minimum Gasteiger partial charge on any atom is -0.465 e. The van der Waals surface area contributed by atoms with E-state index in [1.165, 1.54) is 4.90 Å². The van der Waals surface area contributed by atoms with Crippen molar-refractivity contribution in [2.45, 2.75) is 31.7 Å². The maximum absolute atomic E-state index is 10.6. The van der Waals surface area contributed by atoms with Gasteiger partial charge in [0.25, 0.3) is 0 Å². The average molecular weight is 178 g/mol. The predicted molar refractivity (Wildman–Crippen MR) is 42.8 cm³/mol. The minimum atomic E-state index is -0.896. The third kappa shape index (κ3) is 1.99. The van der Waals surface area contributed by atoms with Gasteiger partial charge in [0.2, 0.25) is 0 Å². The van der Waals surface area contributed by atoms with E-state index < -0.39 is 6.09 Å². The summed E-state index contributed by atoms with van der Waals surface area (Å²) in [5, 5.41) is 8.68. The van der Waals surface area contributed by atoms with Crippen LogP contribution in [0.3, 0.4) is 0 Å². The summed E-state index contributed by atoms with van der Waals surface area (Å²) in [6.07, 6.45) is 3.31. The van der Waals surface area contributed by atoms with E-state index in [2.05, 4.69) is 0 Å². The highest BCUT2D eigenvalue weighted by Crippen LogP contribution is 2.23. The number of carboxylic acid groups (broad SMARTS) is 1. The molecule has 0 aromatic heterocycles. The fourth-order valence-electron chi connectivity index (χ4n) is 1.52. The highest BCUT2D eigenvalue weighted by Gasteiger charge is 2.25. The van der Waals surface area contributed by atoms with Crippen molar-refractivity contribution in [1.82, 2.24) is 4.90 Å². The number of alkyl halides is 1. The number of rotatable bonds is 2. The van der Waals surface area contributed by atoms with Crippen molar-refractivity contribution in [3.05, 3.63) is 0 Å². The van der Waals surface area contributed by atoms with Gasteiger partial charge in [-0.3, -0.25) is 4.90 Å². The highest BCUT2D eigenvalue weighted by molar-refractivity contribution is 6.18. The van der Waals surface area contributed by atoms with Crippen LogP contribution in [0.1, 0.15) is 25.7 Å². The number of hydrogen-bond acceptors (Lipinski definition) is 1. The molecule has 1 aliphatic rings. The summed E-state index contributed by atoms with van der Waals surface area (Å²) in [5.74, 6) is 0. The molecule has 0 radical (unpaired) electrons. The molecule has 1 fully saturated rings. The lowest BCUT2D eigenvalue weighted by Crippen LogP contribution is -2.36. The van der Waals surface area contributed by atoms with E-state index in [4.69, 9.17) is 16.7 Å². The van der Waals surface area contributed by atoms with Gasteiger partial charge in [0, 0.05) is 6.04 Å². The maximum atomic E-state index is 10.6. The molecule has 3 nitrogen and oxygen atoms in total. The minimum absolute atomic E-state index is 0.0972. The van der Waals surface area contributed by atoms with Crippen LogP contribution in [-0.4, -0.2) is 28.1 Å². The summed E-state index contributed by atoms with van der Waals surface area (Å²) in [7, 11) is 0. The summed E-state index contributed by atoms with van der Waals surface area (Å²) in [6.45, 7) is 0. The van der Waals surface area contributed by atoms with Crippen molar-refractivity contribution < 1.29 is 9.90 Å². The first-order valence-corrected chi connectivity index (χ1v) is 4.34. The topological polar surface area (TPSA) is 40.5 Å². The van der Waals surface area contributed by atoms with Crippen molar-refractivity contribution in [2.24, 2.45) is 0 Å². The molecule has 1 rings (SSSR count). The second-order valence-corrected chi connectivity index (χ2v) is 3.05. The van der Waals surface area contributed by atoms with Crippen LogP contribution in [0.15, 0.2) is 0 Å². The smallest absolute Gasteiger partial charge is 0.408 e. The molecule has 0 atom stereocenters. The molecule has 0 aromatic rings. The Labute approximate surface area is 70.9 Å². The highest BCUT2D eigenvalue weighted by atomic mass is 35.5. The van der Waals surface area contributed by atoms with Gasteiger partial charge in [-0.2, -0.15) is 0 Å². The molecule has 0 aromatic carbocycles. The molecule has 11 heavy (non-hydrogen) atoms. The lowest BCUT2D eigenvalue weighted by atomic mass is 10.2. The van der Waals surface area contributed by atoms with Gasteiger partial charge in [0.05, 0.1) is 6.00 Å². The monoisotopic (exact) mass is 177 g/mol. The largest absolute Gasteiger partial charge is 0.465 e. The van der Waals surface area contributed by atoms with E-state index in [0.29, 0.717) is 0 Å². The normalized spacial score (nSPS) is 18.6. The molecule has 1 amide bonds. The zero-order valence-corrected chi connectivity index (χ0v) is 7.05. The van der Waals surface area contributed by atoms with E-state index in [-0.39, 0.29) is 12.0 Å². The van der Waals surface area contributed by atoms with E-state index in [0.717, 1.165) is 25.7 Å². The Kier molecular flexibility index (Phi) is 3.00. The summed E-state index contributed by atoms with van der Waals surface area (Å²) in [6, 6.07) is 0.269. The molecule has 0 unspecified atom stereocenters. The van der Waals surface area contributed by atoms with Crippen molar-refractivity contribution in [2.75, 3.05) is 6.00 Å². The van der Waals surface area contributed by atoms with E-state index in [1.54, 1.807) is 0 Å². The summed E-state index contributed by atoms with van der Waals surface area (Å²) in [5.41, 5.74) is 0. The van der Waals surface area contributed by atoms with Gasteiger partial charge in [0.15, 0.2) is 0 Å². The molecule has 0 bridgehead atoms. The number of amides is 1. The van der Waals surface area contributed by atoms with Crippen LogP contribution in [0, 0.1) is 0 Å². The van der Waals surface area contributed by atoms with Crippen LogP contribution < -0.4 is 0 Å². The van der Waals surface area contributed by atoms with Gasteiger partial charge >= 0.3 is 6.09 Å². The van der Waals surface area contributed by atoms with Gasteiger partial charge in [-0.25, -0.2) is 4.79 Å². The summed E-state index contributed by atoms with van der Waals surface area (Å²) < 4.78 is 0. The van der Waals surface area contributed by atoms with Gasteiger partial charge in [-0.15, -0.1) is 11.6 Å². The Bertz CT molecular complexity index is 145. The predicted octanol–water partition coefficient (Wildman–Crippen LogP) is 2.11. The maximum Gasteiger partial charge on any atom is 0.408 e. The van der Waals surface area contributed by atoms with Crippen molar-refractivity contribution >= 4 is 17.7 Å². The lowest BCUT2D eigenvalue weighted by Gasteiger charge is -2.22. The second-order valence-electron chi connectivity index (χ2n) is 2.81. The molecule has 4 heteroatoms. The van der Waals surface area contributed by atoms with E-state index in [9.17, 15) is 4.79 Å². The molecule has 1 aliphatic carbocycles. The van der Waals surface area contributed by atoms with Crippen LogP contribution in [0.2, 0.25) is 0 Å². The zero-order valence-electron chi connectivity index (χ0n) is 6.29. The molecule has 0 spiro atoms. The summed E-state index contributed by atoms with van der Waals surface area (Å²) in [4.78, 5) is 11.9.